The quantitative estimate of drug-likeness (QED) is 0.131. The Labute approximate surface area is 389 Å². The van der Waals surface area contributed by atoms with E-state index in [1.807, 2.05) is 0 Å². The second-order valence-corrected chi connectivity index (χ2v) is 27.5. The number of nitrogens with one attached hydrogen (secondary N) is 8. The SMILES string of the molecule is CC(C)(C)COC1C(OCC(C)(C)C)C(OCC(C)(C)C)C2C3NC4NC(NC5NC(NC6NC(NC(N3)C2C1OCC(C)(C)C)C1CCCCC61)C1CCCCC51)C1CCCCC41. The molecule has 4 aliphatic carbocycles. The van der Waals surface area contributed by atoms with Crippen LogP contribution in [0.3, 0.4) is 0 Å². The molecule has 8 bridgehead atoms. The molecule has 9 fully saturated rings. The van der Waals surface area contributed by atoms with Crippen LogP contribution in [0.2, 0.25) is 0 Å². The topological polar surface area (TPSA) is 133 Å². The highest BCUT2D eigenvalue weighted by molar-refractivity contribution is 5.14. The Bertz CT molecular complexity index is 1430. The first kappa shape index (κ1) is 48.5. The monoisotopic (exact) mass is 897 g/mol. The van der Waals surface area contributed by atoms with Crippen LogP contribution in [-0.4, -0.2) is 100 Å². The maximum atomic E-state index is 7.45. The lowest BCUT2D eigenvalue weighted by molar-refractivity contribution is -0.252. The highest BCUT2D eigenvalue weighted by atomic mass is 16.6. The van der Waals surface area contributed by atoms with E-state index >= 15 is 0 Å². The molecule has 12 heteroatoms. The van der Waals surface area contributed by atoms with Crippen molar-refractivity contribution in [3.8, 4) is 0 Å². The van der Waals surface area contributed by atoms with Crippen LogP contribution in [0.25, 0.3) is 0 Å². The van der Waals surface area contributed by atoms with E-state index in [0.29, 0.717) is 74.3 Å². The third-order valence-corrected chi connectivity index (χ3v) is 16.8. The van der Waals surface area contributed by atoms with Gasteiger partial charge in [0.15, 0.2) is 0 Å². The molecule has 5 heterocycles. The van der Waals surface area contributed by atoms with Gasteiger partial charge in [-0.05, 0) is 95.7 Å². The van der Waals surface area contributed by atoms with E-state index in [0.717, 1.165) is 0 Å². The minimum atomic E-state index is -0.312. The van der Waals surface area contributed by atoms with Crippen LogP contribution >= 0.6 is 0 Å². The zero-order valence-corrected chi connectivity index (χ0v) is 42.5. The molecule has 8 N–H and O–H groups in total. The number of hydrogen-bond donors (Lipinski definition) is 8. The summed E-state index contributed by atoms with van der Waals surface area (Å²) in [5.74, 6) is 3.68. The number of ether oxygens (including phenoxy) is 4. The summed E-state index contributed by atoms with van der Waals surface area (Å²) in [6.45, 7) is 30.0. The van der Waals surface area contributed by atoms with Crippen molar-refractivity contribution in [3.05, 3.63) is 0 Å². The largest absolute Gasteiger partial charge is 0.374 e. The normalized spacial score (nSPS) is 46.3. The summed E-state index contributed by atoms with van der Waals surface area (Å²) in [7, 11) is 0. The van der Waals surface area contributed by atoms with Crippen molar-refractivity contribution in [1.29, 1.82) is 0 Å². The zero-order valence-electron chi connectivity index (χ0n) is 42.5. The average molecular weight is 897 g/mol. The summed E-state index contributed by atoms with van der Waals surface area (Å²) in [4.78, 5) is 0. The van der Waals surface area contributed by atoms with Crippen LogP contribution in [0.4, 0.5) is 0 Å². The van der Waals surface area contributed by atoms with Crippen LogP contribution in [0.5, 0.6) is 0 Å². The summed E-state index contributed by atoms with van der Waals surface area (Å²) in [6.07, 6.45) is 15.9. The predicted molar refractivity (Wildman–Crippen MR) is 255 cm³/mol. The van der Waals surface area contributed by atoms with Gasteiger partial charge in [0.1, 0.15) is 12.2 Å². The zero-order chi connectivity index (χ0) is 45.3. The van der Waals surface area contributed by atoms with Gasteiger partial charge in [0.05, 0.1) is 88.0 Å². The summed E-state index contributed by atoms with van der Waals surface area (Å²) < 4.78 is 29.5. The molecule has 0 aromatic rings. The van der Waals surface area contributed by atoms with Crippen LogP contribution < -0.4 is 42.5 Å². The fraction of sp³-hybridized carbons (Fsp3) is 1.00. The lowest BCUT2D eigenvalue weighted by Crippen LogP contribution is -2.67. The first-order valence-corrected chi connectivity index (χ1v) is 26.7. The van der Waals surface area contributed by atoms with Gasteiger partial charge in [0, 0.05) is 11.8 Å². The van der Waals surface area contributed by atoms with E-state index in [-0.39, 0.29) is 94.9 Å². The van der Waals surface area contributed by atoms with E-state index in [1.54, 1.807) is 0 Å². The van der Waals surface area contributed by atoms with Crippen LogP contribution in [0.1, 0.15) is 160 Å². The summed E-state index contributed by atoms with van der Waals surface area (Å²) in [5, 5.41) is 34.7. The fourth-order valence-corrected chi connectivity index (χ4v) is 14.2. The first-order valence-electron chi connectivity index (χ1n) is 26.7. The van der Waals surface area contributed by atoms with E-state index < -0.39 is 0 Å². The molecule has 0 radical (unpaired) electrons. The lowest BCUT2D eigenvalue weighted by atomic mass is 9.71. The van der Waals surface area contributed by atoms with Crippen molar-refractivity contribution in [1.82, 2.24) is 42.5 Å². The van der Waals surface area contributed by atoms with Crippen molar-refractivity contribution in [3.63, 3.8) is 0 Å². The minimum absolute atomic E-state index is 0.0257. The molecule has 64 heavy (non-hydrogen) atoms. The molecular weight excluding hydrogens is 801 g/mol. The summed E-state index contributed by atoms with van der Waals surface area (Å²) in [6, 6.07) is 0. The molecule has 0 aromatic carbocycles. The highest BCUT2D eigenvalue weighted by Crippen LogP contribution is 2.49. The molecule has 5 aliphatic heterocycles. The van der Waals surface area contributed by atoms with Crippen LogP contribution in [-0.2, 0) is 18.9 Å². The molecule has 9 rings (SSSR count). The lowest BCUT2D eigenvalue weighted by Gasteiger charge is -2.52. The van der Waals surface area contributed by atoms with Crippen molar-refractivity contribution in [2.45, 2.75) is 234 Å². The van der Waals surface area contributed by atoms with Gasteiger partial charge in [-0.1, -0.05) is 122 Å². The molecule has 0 amide bonds. The Morgan fingerprint density at radius 2 is 0.469 bits per heavy atom. The molecular formula is C52H96N8O4. The Morgan fingerprint density at radius 3 is 0.688 bits per heavy atom. The Kier molecular flexibility index (Phi) is 14.4. The average Bonchev–Trinajstić information content (AvgIpc) is 3.95. The van der Waals surface area contributed by atoms with Crippen LogP contribution in [0.15, 0.2) is 0 Å². The van der Waals surface area contributed by atoms with Crippen molar-refractivity contribution in [2.24, 2.45) is 69.0 Å². The third kappa shape index (κ3) is 10.8. The summed E-state index contributed by atoms with van der Waals surface area (Å²) in [5.41, 5.74) is -0.119. The molecule has 368 valence electrons. The molecule has 20 atom stereocenters. The van der Waals surface area contributed by atoms with Gasteiger partial charge in [0.25, 0.3) is 0 Å². The molecule has 0 aromatic heterocycles. The van der Waals surface area contributed by atoms with Gasteiger partial charge in [-0.15, -0.1) is 0 Å². The predicted octanol–water partition coefficient (Wildman–Crippen LogP) is 6.77. The third-order valence-electron chi connectivity index (χ3n) is 16.8. The van der Waals surface area contributed by atoms with Crippen molar-refractivity contribution in [2.75, 3.05) is 26.4 Å². The summed E-state index contributed by atoms with van der Waals surface area (Å²) >= 11 is 0. The maximum Gasteiger partial charge on any atom is 0.113 e. The van der Waals surface area contributed by atoms with E-state index in [2.05, 4.69) is 126 Å². The first-order chi connectivity index (χ1) is 30.2. The van der Waals surface area contributed by atoms with Gasteiger partial charge < -0.3 is 18.9 Å². The Balaban J connectivity index is 1.15. The smallest absolute Gasteiger partial charge is 0.113 e. The fourth-order valence-electron chi connectivity index (χ4n) is 14.2. The molecule has 9 aliphatic rings. The Morgan fingerprint density at radius 1 is 0.281 bits per heavy atom. The maximum absolute atomic E-state index is 7.45. The van der Waals surface area contributed by atoms with Gasteiger partial charge in [0.2, 0.25) is 0 Å². The van der Waals surface area contributed by atoms with E-state index in [4.69, 9.17) is 18.9 Å². The number of fused-ring (bicyclic) bond motifs is 20. The van der Waals surface area contributed by atoms with Crippen molar-refractivity contribution >= 4 is 0 Å². The second-order valence-electron chi connectivity index (χ2n) is 27.5. The minimum Gasteiger partial charge on any atom is -0.374 e. The molecule has 20 unspecified atom stereocenters. The van der Waals surface area contributed by atoms with Gasteiger partial charge in [-0.25, -0.2) is 0 Å². The van der Waals surface area contributed by atoms with Gasteiger partial charge in [-0.2, -0.15) is 0 Å². The Hall–Kier alpha value is -0.480. The molecule has 0 spiro atoms. The number of rotatable bonds is 8. The molecule has 4 saturated carbocycles. The number of hydrogen-bond acceptors (Lipinski definition) is 12. The van der Waals surface area contributed by atoms with Crippen molar-refractivity contribution < 1.29 is 18.9 Å². The van der Waals surface area contributed by atoms with Gasteiger partial charge >= 0.3 is 0 Å². The van der Waals surface area contributed by atoms with Crippen LogP contribution in [0, 0.1) is 69.0 Å². The van der Waals surface area contributed by atoms with E-state index in [9.17, 15) is 0 Å². The standard InChI is InChI=1S/C52H96N8O4/c1-49(2,3)25-61-37-35-36(38(62-26-50(4,5)6)40(64-28-52(10,11)12)39(37)63-27-51(7,8)9)48-59-46-34-24-18-16-22-32(34)44(57-46)55-42-30-20-14-13-19-29(30)41(53-42)54-43-31-21-15-17-23-33(31)45(56-43)58-47(35)60-48/h29-48,53-60H,13-28H2,1-12H3. The van der Waals surface area contributed by atoms with Gasteiger partial charge in [-0.3, -0.25) is 42.5 Å². The molecule has 12 nitrogen and oxygen atoms in total. The van der Waals surface area contributed by atoms with E-state index in [1.165, 1.54) is 77.0 Å². The molecule has 5 saturated heterocycles. The second kappa shape index (κ2) is 19.0. The highest BCUT2D eigenvalue weighted by Gasteiger charge is 2.63.